The molecule has 0 aliphatic heterocycles. The zero-order valence-corrected chi connectivity index (χ0v) is 15.4. The van der Waals surface area contributed by atoms with Crippen molar-refractivity contribution in [2.45, 2.75) is 12.5 Å². The summed E-state index contributed by atoms with van der Waals surface area (Å²) in [6.45, 7) is 0. The van der Waals surface area contributed by atoms with E-state index in [2.05, 4.69) is 5.32 Å². The van der Waals surface area contributed by atoms with Crippen LogP contribution in [0.4, 0.5) is 5.69 Å². The summed E-state index contributed by atoms with van der Waals surface area (Å²) in [5.41, 5.74) is 2.14. The van der Waals surface area contributed by atoms with Gasteiger partial charge in [-0.2, -0.15) is 0 Å². The Morgan fingerprint density at radius 3 is 2.21 bits per heavy atom. The van der Waals surface area contributed by atoms with Crippen LogP contribution in [0.5, 0.6) is 5.75 Å². The molecule has 0 spiro atoms. The van der Waals surface area contributed by atoms with Gasteiger partial charge in [0, 0.05) is 11.6 Å². The van der Waals surface area contributed by atoms with Crippen molar-refractivity contribution < 1.29 is 14.5 Å². The van der Waals surface area contributed by atoms with Crippen molar-refractivity contribution in [1.82, 2.24) is 5.32 Å². The first-order valence-corrected chi connectivity index (χ1v) is 8.79. The molecule has 0 aliphatic carbocycles. The topological polar surface area (TPSA) is 81.5 Å². The first kappa shape index (κ1) is 19.1. The maximum atomic E-state index is 12.7. The van der Waals surface area contributed by atoms with Crippen LogP contribution in [-0.4, -0.2) is 17.9 Å². The quantitative estimate of drug-likeness (QED) is 0.498. The largest absolute Gasteiger partial charge is 0.497 e. The van der Waals surface area contributed by atoms with Crippen LogP contribution >= 0.6 is 0 Å². The van der Waals surface area contributed by atoms with Gasteiger partial charge in [0.15, 0.2) is 0 Å². The lowest BCUT2D eigenvalue weighted by Crippen LogP contribution is -2.30. The van der Waals surface area contributed by atoms with E-state index in [4.69, 9.17) is 4.74 Å². The van der Waals surface area contributed by atoms with Crippen LogP contribution < -0.4 is 10.1 Å². The van der Waals surface area contributed by atoms with Gasteiger partial charge in [0.2, 0.25) is 5.91 Å². The molecule has 1 unspecified atom stereocenters. The molecule has 0 bridgehead atoms. The predicted octanol–water partition coefficient (Wildman–Crippen LogP) is 4.05. The lowest BCUT2D eigenvalue weighted by Gasteiger charge is -2.20. The molecule has 1 amide bonds. The SMILES string of the molecule is COc1ccc(C(NC(=O)Cc2ccccc2[N+](=O)[O-])c2ccccc2)cc1. The summed E-state index contributed by atoms with van der Waals surface area (Å²) in [6.07, 6.45) is -0.0728. The van der Waals surface area contributed by atoms with E-state index in [-0.39, 0.29) is 24.1 Å². The zero-order valence-electron chi connectivity index (χ0n) is 15.4. The molecule has 3 aromatic rings. The van der Waals surface area contributed by atoms with Gasteiger partial charge in [0.05, 0.1) is 24.5 Å². The van der Waals surface area contributed by atoms with Gasteiger partial charge < -0.3 is 10.1 Å². The first-order valence-electron chi connectivity index (χ1n) is 8.79. The summed E-state index contributed by atoms with van der Waals surface area (Å²) in [7, 11) is 1.60. The van der Waals surface area contributed by atoms with Gasteiger partial charge in [-0.1, -0.05) is 60.7 Å². The van der Waals surface area contributed by atoms with Crippen molar-refractivity contribution in [3.05, 3.63) is 106 Å². The lowest BCUT2D eigenvalue weighted by atomic mass is 9.98. The summed E-state index contributed by atoms with van der Waals surface area (Å²) in [5, 5.41) is 14.2. The predicted molar refractivity (Wildman–Crippen MR) is 106 cm³/mol. The second-order valence-corrected chi connectivity index (χ2v) is 6.25. The Bertz CT molecular complexity index is 956. The molecule has 3 rings (SSSR count). The lowest BCUT2D eigenvalue weighted by molar-refractivity contribution is -0.385. The van der Waals surface area contributed by atoms with Crippen molar-refractivity contribution in [2.24, 2.45) is 0 Å². The molecule has 142 valence electrons. The van der Waals surface area contributed by atoms with Crippen molar-refractivity contribution >= 4 is 11.6 Å². The average Bonchev–Trinajstić information content (AvgIpc) is 2.73. The Hall–Kier alpha value is -3.67. The van der Waals surface area contributed by atoms with E-state index < -0.39 is 4.92 Å². The number of hydrogen-bond acceptors (Lipinski definition) is 4. The van der Waals surface area contributed by atoms with Gasteiger partial charge >= 0.3 is 0 Å². The normalized spacial score (nSPS) is 11.5. The number of benzene rings is 3. The minimum Gasteiger partial charge on any atom is -0.497 e. The average molecular weight is 376 g/mol. The molecular formula is C22H20N2O4. The van der Waals surface area contributed by atoms with Gasteiger partial charge in [-0.05, 0) is 23.3 Å². The summed E-state index contributed by atoms with van der Waals surface area (Å²) < 4.78 is 5.20. The summed E-state index contributed by atoms with van der Waals surface area (Å²) in [4.78, 5) is 23.4. The number of nitrogens with zero attached hydrogens (tertiary/aromatic N) is 1. The first-order chi connectivity index (χ1) is 13.6. The van der Waals surface area contributed by atoms with Crippen LogP contribution in [0.15, 0.2) is 78.9 Å². The number of ether oxygens (including phenoxy) is 1. The molecule has 3 aromatic carbocycles. The molecule has 0 aromatic heterocycles. The third-order valence-corrected chi connectivity index (χ3v) is 4.43. The Morgan fingerprint density at radius 2 is 1.57 bits per heavy atom. The van der Waals surface area contributed by atoms with Crippen LogP contribution in [-0.2, 0) is 11.2 Å². The standard InChI is InChI=1S/C22H20N2O4/c1-28-19-13-11-17(12-14-19)22(16-7-3-2-4-8-16)23-21(25)15-18-9-5-6-10-20(18)24(26)27/h2-14,22H,15H2,1H3,(H,23,25). The highest BCUT2D eigenvalue weighted by Crippen LogP contribution is 2.25. The third kappa shape index (κ3) is 4.54. The van der Waals surface area contributed by atoms with E-state index in [1.807, 2.05) is 54.6 Å². The summed E-state index contributed by atoms with van der Waals surface area (Å²) in [6, 6.07) is 22.9. The Morgan fingerprint density at radius 1 is 0.964 bits per heavy atom. The van der Waals surface area contributed by atoms with E-state index in [0.717, 1.165) is 16.9 Å². The van der Waals surface area contributed by atoms with Gasteiger partial charge in [0.1, 0.15) is 5.75 Å². The number of hydrogen-bond donors (Lipinski definition) is 1. The maximum Gasteiger partial charge on any atom is 0.273 e. The highest BCUT2D eigenvalue weighted by molar-refractivity contribution is 5.80. The number of para-hydroxylation sites is 1. The molecule has 0 aliphatic rings. The zero-order chi connectivity index (χ0) is 19.9. The number of methoxy groups -OCH3 is 1. The fraction of sp³-hybridized carbons (Fsp3) is 0.136. The Kier molecular flexibility index (Phi) is 6.01. The van der Waals surface area contributed by atoms with Crippen LogP contribution in [0.2, 0.25) is 0 Å². The molecule has 0 heterocycles. The van der Waals surface area contributed by atoms with Gasteiger partial charge in [-0.25, -0.2) is 0 Å². The summed E-state index contributed by atoms with van der Waals surface area (Å²) >= 11 is 0. The molecule has 0 saturated heterocycles. The maximum absolute atomic E-state index is 12.7. The van der Waals surface area contributed by atoms with Crippen LogP contribution in [0.3, 0.4) is 0 Å². The highest BCUT2D eigenvalue weighted by Gasteiger charge is 2.20. The second kappa shape index (κ2) is 8.81. The number of nitro benzene ring substituents is 1. The van der Waals surface area contributed by atoms with Crippen LogP contribution in [0.25, 0.3) is 0 Å². The molecule has 0 saturated carbocycles. The minimum atomic E-state index is -0.471. The third-order valence-electron chi connectivity index (χ3n) is 4.43. The van der Waals surface area contributed by atoms with Crippen molar-refractivity contribution in [3.63, 3.8) is 0 Å². The molecule has 28 heavy (non-hydrogen) atoms. The number of carbonyl (C=O) groups excluding carboxylic acids is 1. The molecule has 1 N–H and O–H groups in total. The molecule has 0 radical (unpaired) electrons. The fourth-order valence-corrected chi connectivity index (χ4v) is 3.02. The highest BCUT2D eigenvalue weighted by atomic mass is 16.6. The monoisotopic (exact) mass is 376 g/mol. The van der Waals surface area contributed by atoms with Gasteiger partial charge in [-0.15, -0.1) is 0 Å². The molecule has 1 atom stereocenters. The number of rotatable bonds is 7. The van der Waals surface area contributed by atoms with Gasteiger partial charge in [0.25, 0.3) is 5.69 Å². The van der Waals surface area contributed by atoms with Crippen molar-refractivity contribution in [3.8, 4) is 5.75 Å². The van der Waals surface area contributed by atoms with Crippen molar-refractivity contribution in [2.75, 3.05) is 7.11 Å². The summed E-state index contributed by atoms with van der Waals surface area (Å²) in [5.74, 6) is 0.431. The Balaban J connectivity index is 1.85. The number of nitro groups is 1. The van der Waals surface area contributed by atoms with E-state index in [0.29, 0.717) is 5.56 Å². The number of nitrogens with one attached hydrogen (secondary N) is 1. The van der Waals surface area contributed by atoms with Crippen molar-refractivity contribution in [1.29, 1.82) is 0 Å². The molecule has 0 fully saturated rings. The second-order valence-electron chi connectivity index (χ2n) is 6.25. The molecular weight excluding hydrogens is 356 g/mol. The van der Waals surface area contributed by atoms with E-state index in [1.54, 1.807) is 25.3 Å². The minimum absolute atomic E-state index is 0.0571. The van der Waals surface area contributed by atoms with Crippen LogP contribution in [0.1, 0.15) is 22.7 Å². The number of carbonyl (C=O) groups is 1. The molecule has 6 nitrogen and oxygen atoms in total. The fourth-order valence-electron chi connectivity index (χ4n) is 3.02. The van der Waals surface area contributed by atoms with E-state index in [1.165, 1.54) is 6.07 Å². The Labute approximate surface area is 162 Å². The van der Waals surface area contributed by atoms with Gasteiger partial charge in [-0.3, -0.25) is 14.9 Å². The van der Waals surface area contributed by atoms with E-state index >= 15 is 0 Å². The number of amides is 1. The molecule has 6 heteroatoms. The smallest absolute Gasteiger partial charge is 0.273 e. The van der Waals surface area contributed by atoms with E-state index in [9.17, 15) is 14.9 Å². The van der Waals surface area contributed by atoms with Crippen LogP contribution in [0, 0.1) is 10.1 Å².